The first kappa shape index (κ1) is 7.72. The van der Waals surface area contributed by atoms with E-state index in [1.165, 1.54) is 0 Å². The maximum Gasteiger partial charge on any atom is 0.222 e. The lowest BCUT2D eigenvalue weighted by molar-refractivity contribution is 0.549. The summed E-state index contributed by atoms with van der Waals surface area (Å²) in [6, 6.07) is 3.33. The molecule has 0 fully saturated rings. The second-order valence-electron chi connectivity index (χ2n) is 2.22. The van der Waals surface area contributed by atoms with E-state index in [-0.39, 0.29) is 6.04 Å². The first-order valence-corrected chi connectivity index (χ1v) is 3.37. The zero-order valence-corrected chi connectivity index (χ0v) is 6.24. The molecule has 1 aromatic heterocycles. The molecule has 1 radical (unpaired) electrons. The van der Waals surface area contributed by atoms with E-state index in [0.717, 1.165) is 5.69 Å². The Kier molecular flexibility index (Phi) is 2.60. The van der Waals surface area contributed by atoms with Crippen LogP contribution in [0.25, 0.3) is 0 Å². The molecule has 0 bridgehead atoms. The van der Waals surface area contributed by atoms with Crippen molar-refractivity contribution in [1.29, 1.82) is 0 Å². The van der Waals surface area contributed by atoms with Crippen molar-refractivity contribution in [2.75, 3.05) is 5.32 Å². The largest absolute Gasteiger partial charge is 0.375 e. The van der Waals surface area contributed by atoms with Gasteiger partial charge in [0.05, 0.1) is 6.04 Å². The Bertz CT molecular complexity index is 223. The van der Waals surface area contributed by atoms with Crippen LogP contribution < -0.4 is 5.32 Å². The molecule has 3 heteroatoms. The number of aromatic nitrogens is 1. The molecule has 0 aliphatic heterocycles. The summed E-state index contributed by atoms with van der Waals surface area (Å²) in [5.74, 6) is 0. The minimum atomic E-state index is -0.266. The highest BCUT2D eigenvalue weighted by molar-refractivity contribution is 5.64. The molecule has 0 saturated heterocycles. The van der Waals surface area contributed by atoms with Crippen molar-refractivity contribution in [3.63, 3.8) is 0 Å². The Morgan fingerprint density at radius 2 is 2.18 bits per heavy atom. The molecule has 11 heavy (non-hydrogen) atoms. The summed E-state index contributed by atoms with van der Waals surface area (Å²) >= 11 is 0. The van der Waals surface area contributed by atoms with E-state index in [0.29, 0.717) is 0 Å². The lowest BCUT2D eigenvalue weighted by Gasteiger charge is -2.06. The standard InChI is InChI=1S/C8H9N2O/c1-7(6-11)10-8-2-4-9-5-3-8/h2-5,7H,1H3,(H,9,10). The van der Waals surface area contributed by atoms with Gasteiger partial charge in [0.1, 0.15) is 0 Å². The van der Waals surface area contributed by atoms with Gasteiger partial charge in [-0.05, 0) is 19.1 Å². The minimum absolute atomic E-state index is 0.266. The number of pyridine rings is 1. The third kappa shape index (κ3) is 2.37. The number of carbonyl (C=O) groups excluding carboxylic acids is 1. The predicted octanol–water partition coefficient (Wildman–Crippen LogP) is 0.992. The number of hydrogen-bond donors (Lipinski definition) is 1. The molecule has 1 unspecified atom stereocenters. The Balaban J connectivity index is 2.57. The molecule has 1 atom stereocenters. The summed E-state index contributed by atoms with van der Waals surface area (Å²) < 4.78 is 0. The average Bonchev–Trinajstić information content (AvgIpc) is 2.06. The van der Waals surface area contributed by atoms with E-state index in [1.54, 1.807) is 31.5 Å². The van der Waals surface area contributed by atoms with Gasteiger partial charge in [0.15, 0.2) is 0 Å². The van der Waals surface area contributed by atoms with E-state index in [4.69, 9.17) is 0 Å². The number of nitrogens with zero attached hydrogens (tertiary/aromatic N) is 1. The number of anilines is 1. The van der Waals surface area contributed by atoms with Crippen molar-refractivity contribution in [3.8, 4) is 0 Å². The fraction of sp³-hybridized carbons (Fsp3) is 0.250. The molecule has 0 amide bonds. The zero-order chi connectivity index (χ0) is 8.10. The Labute approximate surface area is 65.5 Å². The lowest BCUT2D eigenvalue weighted by atomic mass is 10.3. The topological polar surface area (TPSA) is 42.0 Å². The third-order valence-corrected chi connectivity index (χ3v) is 1.24. The first-order valence-electron chi connectivity index (χ1n) is 3.37. The molecule has 3 nitrogen and oxygen atoms in total. The van der Waals surface area contributed by atoms with Crippen molar-refractivity contribution in [3.05, 3.63) is 24.5 Å². The van der Waals surface area contributed by atoms with Gasteiger partial charge in [0.25, 0.3) is 0 Å². The fourth-order valence-electron chi connectivity index (χ4n) is 0.728. The van der Waals surface area contributed by atoms with Gasteiger partial charge >= 0.3 is 0 Å². The lowest BCUT2D eigenvalue weighted by Crippen LogP contribution is -2.15. The van der Waals surface area contributed by atoms with Crippen molar-refractivity contribution < 1.29 is 4.79 Å². The Morgan fingerprint density at radius 3 is 2.73 bits per heavy atom. The summed E-state index contributed by atoms with van der Waals surface area (Å²) in [4.78, 5) is 13.9. The molecule has 0 saturated carbocycles. The van der Waals surface area contributed by atoms with Crippen LogP contribution >= 0.6 is 0 Å². The van der Waals surface area contributed by atoms with Crippen LogP contribution in [0.2, 0.25) is 0 Å². The van der Waals surface area contributed by atoms with E-state index in [9.17, 15) is 4.79 Å². The highest BCUT2D eigenvalue weighted by atomic mass is 16.1. The number of rotatable bonds is 3. The van der Waals surface area contributed by atoms with Crippen molar-refractivity contribution in [2.45, 2.75) is 13.0 Å². The van der Waals surface area contributed by atoms with E-state index >= 15 is 0 Å². The highest BCUT2D eigenvalue weighted by Gasteiger charge is 1.97. The molecule has 0 aliphatic carbocycles. The first-order chi connectivity index (χ1) is 5.33. The van der Waals surface area contributed by atoms with Crippen LogP contribution in [-0.4, -0.2) is 17.3 Å². The van der Waals surface area contributed by atoms with E-state index < -0.39 is 0 Å². The Morgan fingerprint density at radius 1 is 1.55 bits per heavy atom. The van der Waals surface area contributed by atoms with Crippen LogP contribution in [0.5, 0.6) is 0 Å². The number of nitrogens with one attached hydrogen (secondary N) is 1. The fourth-order valence-corrected chi connectivity index (χ4v) is 0.728. The monoisotopic (exact) mass is 149 g/mol. The van der Waals surface area contributed by atoms with Crippen LogP contribution in [-0.2, 0) is 4.79 Å². The Hall–Kier alpha value is -1.38. The second kappa shape index (κ2) is 3.71. The summed E-state index contributed by atoms with van der Waals surface area (Å²) in [6.07, 6.45) is 5.16. The van der Waals surface area contributed by atoms with Crippen LogP contribution in [0.4, 0.5) is 5.69 Å². The van der Waals surface area contributed by atoms with Crippen molar-refractivity contribution in [1.82, 2.24) is 4.98 Å². The van der Waals surface area contributed by atoms with Crippen LogP contribution in [0, 0.1) is 0 Å². The third-order valence-electron chi connectivity index (χ3n) is 1.24. The van der Waals surface area contributed by atoms with Gasteiger partial charge in [-0.2, -0.15) is 0 Å². The molecule has 0 aliphatic rings. The van der Waals surface area contributed by atoms with Gasteiger partial charge in [0, 0.05) is 18.1 Å². The molecule has 0 aromatic carbocycles. The average molecular weight is 149 g/mol. The molecule has 57 valence electrons. The molecule has 0 spiro atoms. The molecular formula is C8H9N2O. The number of hydrogen-bond acceptors (Lipinski definition) is 3. The van der Waals surface area contributed by atoms with Gasteiger partial charge in [-0.3, -0.25) is 9.78 Å². The summed E-state index contributed by atoms with van der Waals surface area (Å²) in [6.45, 7) is 1.74. The van der Waals surface area contributed by atoms with Gasteiger partial charge in [-0.15, -0.1) is 0 Å². The van der Waals surface area contributed by atoms with Gasteiger partial charge < -0.3 is 5.32 Å². The maximum absolute atomic E-state index is 10.1. The van der Waals surface area contributed by atoms with Crippen LogP contribution in [0.15, 0.2) is 24.5 Å². The zero-order valence-electron chi connectivity index (χ0n) is 6.24. The molecular weight excluding hydrogens is 140 g/mol. The molecule has 1 aromatic rings. The van der Waals surface area contributed by atoms with E-state index in [2.05, 4.69) is 10.3 Å². The minimum Gasteiger partial charge on any atom is -0.375 e. The molecule has 1 N–H and O–H groups in total. The molecule has 1 heterocycles. The van der Waals surface area contributed by atoms with Crippen LogP contribution in [0.3, 0.4) is 0 Å². The molecule has 1 rings (SSSR count). The van der Waals surface area contributed by atoms with Gasteiger partial charge in [0.2, 0.25) is 6.29 Å². The highest BCUT2D eigenvalue weighted by Crippen LogP contribution is 2.03. The smallest absolute Gasteiger partial charge is 0.222 e. The predicted molar refractivity (Wildman–Crippen MR) is 43.0 cm³/mol. The van der Waals surface area contributed by atoms with Gasteiger partial charge in [-0.1, -0.05) is 0 Å². The van der Waals surface area contributed by atoms with Crippen molar-refractivity contribution >= 4 is 12.0 Å². The van der Waals surface area contributed by atoms with Crippen LogP contribution in [0.1, 0.15) is 6.92 Å². The van der Waals surface area contributed by atoms with Crippen molar-refractivity contribution in [2.24, 2.45) is 0 Å². The van der Waals surface area contributed by atoms with E-state index in [1.807, 2.05) is 6.29 Å². The normalized spacial score (nSPS) is 12.1. The summed E-state index contributed by atoms with van der Waals surface area (Å²) in [7, 11) is 0. The maximum atomic E-state index is 10.1. The van der Waals surface area contributed by atoms with Gasteiger partial charge in [-0.25, -0.2) is 0 Å². The second-order valence-corrected chi connectivity index (χ2v) is 2.22. The summed E-state index contributed by atoms with van der Waals surface area (Å²) in [5, 5.41) is 2.93. The quantitative estimate of drug-likeness (QED) is 0.696. The summed E-state index contributed by atoms with van der Waals surface area (Å²) in [5.41, 5.74) is 0.885. The SMILES string of the molecule is CC([C]=O)Nc1ccncc1.